The molecule has 0 atom stereocenters. The Kier molecular flexibility index (Phi) is 5.41. The van der Waals surface area contributed by atoms with Gasteiger partial charge in [0.1, 0.15) is 0 Å². The molecule has 0 unspecified atom stereocenters. The molecule has 0 aromatic heterocycles. The van der Waals surface area contributed by atoms with E-state index < -0.39 is 0 Å². The minimum absolute atomic E-state index is 0.195. The summed E-state index contributed by atoms with van der Waals surface area (Å²) in [5.41, 5.74) is 1.25. The highest BCUT2D eigenvalue weighted by Crippen LogP contribution is 2.22. The minimum atomic E-state index is -0.388. The van der Waals surface area contributed by atoms with E-state index in [2.05, 4.69) is 10.6 Å². The summed E-state index contributed by atoms with van der Waals surface area (Å²) in [4.78, 5) is 24.0. The highest BCUT2D eigenvalue weighted by atomic mass is 35.5. The topological polar surface area (TPSA) is 58.2 Å². The normalized spacial score (nSPS) is 10.1. The quantitative estimate of drug-likeness (QED) is 0.886. The molecular weight excluding hydrogens is 323 g/mol. The molecule has 0 aliphatic rings. The van der Waals surface area contributed by atoms with Crippen molar-refractivity contribution in [2.45, 2.75) is 6.92 Å². The molecule has 114 valence electrons. The smallest absolute Gasteiger partial charge is 0.257 e. The highest BCUT2D eigenvalue weighted by molar-refractivity contribution is 6.36. The van der Waals surface area contributed by atoms with Crippen molar-refractivity contribution < 1.29 is 9.59 Å². The Morgan fingerprint density at radius 1 is 1.05 bits per heavy atom. The summed E-state index contributed by atoms with van der Waals surface area (Å²) in [7, 11) is 0. The second-order valence-corrected chi connectivity index (χ2v) is 5.36. The standard InChI is InChI=1S/C16H14Cl2N2O2/c1-2-19-15(21)10-4-3-5-12(8-10)20-16(22)13-9-11(17)6-7-14(13)18/h3-9H,2H2,1H3,(H,19,21)(H,20,22). The van der Waals surface area contributed by atoms with Gasteiger partial charge in [0.25, 0.3) is 11.8 Å². The van der Waals surface area contributed by atoms with Crippen LogP contribution >= 0.6 is 23.2 Å². The molecular formula is C16H14Cl2N2O2. The van der Waals surface area contributed by atoms with Crippen LogP contribution in [-0.4, -0.2) is 18.4 Å². The van der Waals surface area contributed by atoms with E-state index in [-0.39, 0.29) is 17.4 Å². The van der Waals surface area contributed by atoms with Crippen molar-refractivity contribution in [3.8, 4) is 0 Å². The van der Waals surface area contributed by atoms with Crippen LogP contribution in [0.5, 0.6) is 0 Å². The predicted octanol–water partition coefficient (Wildman–Crippen LogP) is 4.00. The number of nitrogens with one attached hydrogen (secondary N) is 2. The van der Waals surface area contributed by atoms with Crippen LogP contribution in [0.3, 0.4) is 0 Å². The van der Waals surface area contributed by atoms with E-state index in [1.54, 1.807) is 36.4 Å². The largest absolute Gasteiger partial charge is 0.352 e. The lowest BCUT2D eigenvalue weighted by Crippen LogP contribution is -2.22. The van der Waals surface area contributed by atoms with Crippen molar-refractivity contribution in [1.82, 2.24) is 5.32 Å². The van der Waals surface area contributed by atoms with Crippen molar-refractivity contribution in [2.24, 2.45) is 0 Å². The van der Waals surface area contributed by atoms with Gasteiger partial charge in [-0.1, -0.05) is 29.3 Å². The van der Waals surface area contributed by atoms with E-state index in [9.17, 15) is 9.59 Å². The number of benzene rings is 2. The van der Waals surface area contributed by atoms with E-state index in [0.717, 1.165) is 0 Å². The molecule has 2 rings (SSSR count). The third kappa shape index (κ3) is 4.00. The van der Waals surface area contributed by atoms with Gasteiger partial charge in [-0.15, -0.1) is 0 Å². The lowest BCUT2D eigenvalue weighted by Gasteiger charge is -2.09. The predicted molar refractivity (Wildman–Crippen MR) is 88.9 cm³/mol. The third-order valence-electron chi connectivity index (χ3n) is 2.89. The van der Waals surface area contributed by atoms with Gasteiger partial charge in [-0.05, 0) is 43.3 Å². The number of hydrogen-bond donors (Lipinski definition) is 2. The molecule has 2 N–H and O–H groups in total. The summed E-state index contributed by atoms with van der Waals surface area (Å²) in [5.74, 6) is -0.583. The van der Waals surface area contributed by atoms with Gasteiger partial charge < -0.3 is 10.6 Å². The molecule has 22 heavy (non-hydrogen) atoms. The van der Waals surface area contributed by atoms with Gasteiger partial charge in [0.05, 0.1) is 10.6 Å². The van der Waals surface area contributed by atoms with Gasteiger partial charge in [0.2, 0.25) is 0 Å². The summed E-state index contributed by atoms with van der Waals surface area (Å²) in [6, 6.07) is 11.3. The molecule has 2 amide bonds. The highest BCUT2D eigenvalue weighted by Gasteiger charge is 2.12. The first-order valence-electron chi connectivity index (χ1n) is 6.66. The van der Waals surface area contributed by atoms with Gasteiger partial charge in [0, 0.05) is 22.8 Å². The van der Waals surface area contributed by atoms with Crippen LogP contribution < -0.4 is 10.6 Å². The van der Waals surface area contributed by atoms with E-state index in [0.29, 0.717) is 27.8 Å². The van der Waals surface area contributed by atoms with Crippen molar-refractivity contribution in [3.05, 3.63) is 63.6 Å². The molecule has 0 saturated heterocycles. The molecule has 0 heterocycles. The van der Waals surface area contributed by atoms with Gasteiger partial charge in [-0.3, -0.25) is 9.59 Å². The number of anilines is 1. The van der Waals surface area contributed by atoms with Crippen molar-refractivity contribution in [3.63, 3.8) is 0 Å². The minimum Gasteiger partial charge on any atom is -0.352 e. The molecule has 0 aliphatic carbocycles. The van der Waals surface area contributed by atoms with Crippen molar-refractivity contribution >= 4 is 40.7 Å². The first kappa shape index (κ1) is 16.3. The Labute approximate surface area is 138 Å². The second kappa shape index (κ2) is 7.29. The Hall–Kier alpha value is -2.04. The summed E-state index contributed by atoms with van der Waals surface area (Å²) in [5, 5.41) is 6.13. The fourth-order valence-corrected chi connectivity index (χ4v) is 2.25. The summed E-state index contributed by atoms with van der Waals surface area (Å²) >= 11 is 11.9. The average molecular weight is 337 g/mol. The second-order valence-electron chi connectivity index (χ2n) is 4.52. The maximum Gasteiger partial charge on any atom is 0.257 e. The Balaban J connectivity index is 2.20. The number of rotatable bonds is 4. The third-order valence-corrected chi connectivity index (χ3v) is 3.46. The fourth-order valence-electron chi connectivity index (χ4n) is 1.87. The zero-order valence-corrected chi connectivity index (χ0v) is 13.3. The van der Waals surface area contributed by atoms with Gasteiger partial charge >= 0.3 is 0 Å². The van der Waals surface area contributed by atoms with E-state index >= 15 is 0 Å². The average Bonchev–Trinajstić information content (AvgIpc) is 2.50. The lowest BCUT2D eigenvalue weighted by molar-refractivity contribution is 0.0954. The molecule has 2 aromatic carbocycles. The number of hydrogen-bond acceptors (Lipinski definition) is 2. The molecule has 0 fully saturated rings. The zero-order valence-electron chi connectivity index (χ0n) is 11.8. The molecule has 6 heteroatoms. The summed E-state index contributed by atoms with van der Waals surface area (Å²) < 4.78 is 0. The maximum atomic E-state index is 12.2. The van der Waals surface area contributed by atoms with Crippen molar-refractivity contribution in [2.75, 3.05) is 11.9 Å². The summed E-state index contributed by atoms with van der Waals surface area (Å²) in [6.07, 6.45) is 0. The molecule has 0 saturated carbocycles. The van der Waals surface area contributed by atoms with Crippen LogP contribution in [0.4, 0.5) is 5.69 Å². The Morgan fingerprint density at radius 2 is 1.82 bits per heavy atom. The number of amides is 2. The molecule has 0 radical (unpaired) electrons. The lowest BCUT2D eigenvalue weighted by atomic mass is 10.1. The van der Waals surface area contributed by atoms with Crippen LogP contribution in [-0.2, 0) is 0 Å². The van der Waals surface area contributed by atoms with Crippen LogP contribution in [0.25, 0.3) is 0 Å². The van der Waals surface area contributed by atoms with Crippen LogP contribution in [0.2, 0.25) is 10.0 Å². The van der Waals surface area contributed by atoms with Gasteiger partial charge in [-0.2, -0.15) is 0 Å². The van der Waals surface area contributed by atoms with Gasteiger partial charge in [-0.25, -0.2) is 0 Å². The van der Waals surface area contributed by atoms with Crippen LogP contribution in [0.15, 0.2) is 42.5 Å². The number of carbonyl (C=O) groups is 2. The van der Waals surface area contributed by atoms with Crippen LogP contribution in [0, 0.1) is 0 Å². The first-order valence-corrected chi connectivity index (χ1v) is 7.41. The van der Waals surface area contributed by atoms with E-state index in [1.807, 2.05) is 6.92 Å². The maximum absolute atomic E-state index is 12.2. The van der Waals surface area contributed by atoms with Crippen molar-refractivity contribution in [1.29, 1.82) is 0 Å². The van der Waals surface area contributed by atoms with E-state index in [4.69, 9.17) is 23.2 Å². The number of carbonyl (C=O) groups excluding carboxylic acids is 2. The summed E-state index contributed by atoms with van der Waals surface area (Å²) in [6.45, 7) is 2.37. The molecule has 4 nitrogen and oxygen atoms in total. The molecule has 0 spiro atoms. The van der Waals surface area contributed by atoms with E-state index in [1.165, 1.54) is 6.07 Å². The Bertz CT molecular complexity index is 717. The Morgan fingerprint density at radius 3 is 2.55 bits per heavy atom. The van der Waals surface area contributed by atoms with Crippen LogP contribution in [0.1, 0.15) is 27.6 Å². The zero-order chi connectivity index (χ0) is 16.1. The first-order chi connectivity index (χ1) is 10.5. The monoisotopic (exact) mass is 336 g/mol. The fraction of sp³-hybridized carbons (Fsp3) is 0.125. The molecule has 0 aliphatic heterocycles. The molecule has 0 bridgehead atoms. The van der Waals surface area contributed by atoms with Gasteiger partial charge in [0.15, 0.2) is 0 Å². The number of halogens is 2. The SMILES string of the molecule is CCNC(=O)c1cccc(NC(=O)c2cc(Cl)ccc2Cl)c1. The molecule has 2 aromatic rings.